The molecule has 0 spiro atoms. The largest absolute Gasteiger partial charge is 0.323 e. The van der Waals surface area contributed by atoms with Crippen molar-refractivity contribution in [1.82, 2.24) is 9.97 Å². The molecule has 0 saturated heterocycles. The van der Waals surface area contributed by atoms with Crippen LogP contribution in [0.15, 0.2) is 28.2 Å². The van der Waals surface area contributed by atoms with Crippen LogP contribution in [-0.4, -0.2) is 21.1 Å². The molecule has 1 aliphatic rings. The maximum absolute atomic E-state index is 13.6. The third-order valence-corrected chi connectivity index (χ3v) is 5.00. The maximum atomic E-state index is 13.6. The van der Waals surface area contributed by atoms with Crippen LogP contribution < -0.4 is 10.9 Å². The van der Waals surface area contributed by atoms with Crippen molar-refractivity contribution in [1.29, 1.82) is 0 Å². The summed E-state index contributed by atoms with van der Waals surface area (Å²) in [6.07, 6.45) is 3.45. The molecule has 2 N–H and O–H groups in total. The van der Waals surface area contributed by atoms with E-state index in [0.29, 0.717) is 11.2 Å². The Bertz CT molecular complexity index is 869. The van der Waals surface area contributed by atoms with Crippen molar-refractivity contribution in [3.8, 4) is 0 Å². The fraction of sp³-hybridized carbons (Fsp3) is 0.353. The van der Waals surface area contributed by atoms with Crippen LogP contribution in [0.3, 0.4) is 0 Å². The molecular formula is C17H17F2N3O2S. The zero-order valence-corrected chi connectivity index (χ0v) is 14.4. The first-order valence-corrected chi connectivity index (χ1v) is 8.86. The number of halogens is 2. The van der Waals surface area contributed by atoms with Crippen LogP contribution in [0.1, 0.15) is 31.0 Å². The fourth-order valence-corrected chi connectivity index (χ4v) is 3.50. The number of fused-ring (bicyclic) bond motifs is 1. The van der Waals surface area contributed by atoms with Crippen LogP contribution in [0, 0.1) is 11.6 Å². The van der Waals surface area contributed by atoms with Gasteiger partial charge in [0.15, 0.2) is 5.16 Å². The van der Waals surface area contributed by atoms with Gasteiger partial charge in [0.2, 0.25) is 5.91 Å². The molecular weight excluding hydrogens is 348 g/mol. The number of thioether (sulfide) groups is 1. The van der Waals surface area contributed by atoms with Gasteiger partial charge in [-0.2, -0.15) is 0 Å². The van der Waals surface area contributed by atoms with E-state index in [-0.39, 0.29) is 11.2 Å². The van der Waals surface area contributed by atoms with Crippen molar-refractivity contribution in [2.24, 2.45) is 0 Å². The number of carbonyl (C=O) groups is 1. The molecule has 1 aromatic carbocycles. The Hall–Kier alpha value is -2.22. The third-order valence-electron chi connectivity index (χ3n) is 4.02. The quantitative estimate of drug-likeness (QED) is 0.645. The second-order valence-corrected chi connectivity index (χ2v) is 7.21. The highest BCUT2D eigenvalue weighted by Crippen LogP contribution is 2.24. The monoisotopic (exact) mass is 365 g/mol. The summed E-state index contributed by atoms with van der Waals surface area (Å²) in [5.41, 5.74) is 1.26. The van der Waals surface area contributed by atoms with Gasteiger partial charge in [-0.05, 0) is 44.7 Å². The molecule has 0 bridgehead atoms. The summed E-state index contributed by atoms with van der Waals surface area (Å²) in [7, 11) is 0. The number of aromatic nitrogens is 2. The van der Waals surface area contributed by atoms with E-state index >= 15 is 0 Å². The number of hydrogen-bond acceptors (Lipinski definition) is 4. The van der Waals surface area contributed by atoms with Crippen molar-refractivity contribution < 1.29 is 13.6 Å². The highest BCUT2D eigenvalue weighted by atomic mass is 32.2. The Morgan fingerprint density at radius 2 is 2.08 bits per heavy atom. The topological polar surface area (TPSA) is 74.8 Å². The number of hydrogen-bond donors (Lipinski definition) is 2. The predicted octanol–water partition coefficient (Wildman–Crippen LogP) is 3.05. The molecule has 0 saturated carbocycles. The summed E-state index contributed by atoms with van der Waals surface area (Å²) in [5.74, 6) is -2.02. The number of rotatable bonds is 4. The van der Waals surface area contributed by atoms with Gasteiger partial charge in [-0.1, -0.05) is 11.8 Å². The molecule has 1 atom stereocenters. The molecule has 3 rings (SSSR count). The number of benzene rings is 1. The number of carbonyl (C=O) groups excluding carboxylic acids is 1. The van der Waals surface area contributed by atoms with Crippen LogP contribution in [-0.2, 0) is 17.6 Å². The van der Waals surface area contributed by atoms with Crippen molar-refractivity contribution in [3.05, 3.63) is 51.4 Å². The lowest BCUT2D eigenvalue weighted by atomic mass is 9.97. The van der Waals surface area contributed by atoms with Gasteiger partial charge in [0.25, 0.3) is 5.56 Å². The highest BCUT2D eigenvalue weighted by Gasteiger charge is 2.20. The second-order valence-electron chi connectivity index (χ2n) is 5.88. The average Bonchev–Trinajstić information content (AvgIpc) is 2.57. The van der Waals surface area contributed by atoms with E-state index in [2.05, 4.69) is 15.3 Å². The number of aromatic amines is 1. The lowest BCUT2D eigenvalue weighted by molar-refractivity contribution is -0.115. The predicted molar refractivity (Wildman–Crippen MR) is 91.8 cm³/mol. The second kappa shape index (κ2) is 7.35. The minimum atomic E-state index is -0.842. The maximum Gasteiger partial charge on any atom is 0.254 e. The summed E-state index contributed by atoms with van der Waals surface area (Å²) >= 11 is 1.09. The Morgan fingerprint density at radius 3 is 2.84 bits per heavy atom. The van der Waals surface area contributed by atoms with E-state index in [4.69, 9.17) is 0 Å². The van der Waals surface area contributed by atoms with Gasteiger partial charge in [-0.25, -0.2) is 13.8 Å². The lowest BCUT2D eigenvalue weighted by Crippen LogP contribution is -2.25. The Balaban J connectivity index is 1.71. The molecule has 1 heterocycles. The minimum absolute atomic E-state index is 0.0919. The summed E-state index contributed by atoms with van der Waals surface area (Å²) < 4.78 is 26.5. The zero-order chi connectivity index (χ0) is 18.0. The normalized spacial score (nSPS) is 14.7. The molecule has 1 amide bonds. The van der Waals surface area contributed by atoms with E-state index in [9.17, 15) is 18.4 Å². The van der Waals surface area contributed by atoms with Gasteiger partial charge in [-0.15, -0.1) is 0 Å². The van der Waals surface area contributed by atoms with Crippen LogP contribution >= 0.6 is 11.8 Å². The molecule has 132 valence electrons. The number of anilines is 1. The van der Waals surface area contributed by atoms with Crippen molar-refractivity contribution in [3.63, 3.8) is 0 Å². The average molecular weight is 365 g/mol. The van der Waals surface area contributed by atoms with E-state index in [1.807, 2.05) is 0 Å². The SMILES string of the molecule is CC(Sc1nc2c(c(=O)[nH]1)CCCC2)C(=O)Nc1ccc(F)cc1F. The molecule has 0 fully saturated rings. The Morgan fingerprint density at radius 1 is 1.32 bits per heavy atom. The van der Waals surface area contributed by atoms with Crippen LogP contribution in [0.25, 0.3) is 0 Å². The molecule has 1 aliphatic carbocycles. The first-order valence-electron chi connectivity index (χ1n) is 7.98. The Kier molecular flexibility index (Phi) is 5.17. The molecule has 1 unspecified atom stereocenters. The van der Waals surface area contributed by atoms with E-state index in [1.54, 1.807) is 6.92 Å². The van der Waals surface area contributed by atoms with E-state index in [0.717, 1.165) is 54.8 Å². The van der Waals surface area contributed by atoms with Gasteiger partial charge in [0.1, 0.15) is 11.6 Å². The molecule has 5 nitrogen and oxygen atoms in total. The fourth-order valence-electron chi connectivity index (χ4n) is 2.68. The van der Waals surface area contributed by atoms with E-state index < -0.39 is 22.8 Å². The number of aryl methyl sites for hydroxylation is 1. The van der Waals surface area contributed by atoms with Gasteiger partial charge in [0, 0.05) is 11.6 Å². The van der Waals surface area contributed by atoms with Gasteiger partial charge in [-0.3, -0.25) is 9.59 Å². The zero-order valence-electron chi connectivity index (χ0n) is 13.6. The molecule has 0 aliphatic heterocycles. The van der Waals surface area contributed by atoms with Crippen LogP contribution in [0.4, 0.5) is 14.5 Å². The molecule has 8 heteroatoms. The van der Waals surface area contributed by atoms with E-state index in [1.165, 1.54) is 6.07 Å². The van der Waals surface area contributed by atoms with Crippen LogP contribution in [0.5, 0.6) is 0 Å². The lowest BCUT2D eigenvalue weighted by Gasteiger charge is -2.16. The number of H-pyrrole nitrogens is 1. The summed E-state index contributed by atoms with van der Waals surface area (Å²) in [6, 6.07) is 2.94. The number of amides is 1. The smallest absolute Gasteiger partial charge is 0.254 e. The van der Waals surface area contributed by atoms with Crippen molar-refractivity contribution >= 4 is 23.4 Å². The number of nitrogens with zero attached hydrogens (tertiary/aromatic N) is 1. The number of nitrogens with one attached hydrogen (secondary N) is 2. The highest BCUT2D eigenvalue weighted by molar-refractivity contribution is 8.00. The van der Waals surface area contributed by atoms with Crippen molar-refractivity contribution in [2.45, 2.75) is 43.0 Å². The standard InChI is InChI=1S/C17H17F2N3O2S/c1-9(15(23)20-14-7-6-10(18)8-12(14)19)25-17-21-13-5-3-2-4-11(13)16(24)22-17/h6-9H,2-5H2,1H3,(H,20,23)(H,21,22,24). The molecule has 1 aromatic heterocycles. The van der Waals surface area contributed by atoms with Gasteiger partial charge < -0.3 is 10.3 Å². The first-order chi connectivity index (χ1) is 11.9. The summed E-state index contributed by atoms with van der Waals surface area (Å²) in [4.78, 5) is 31.5. The molecule has 2 aromatic rings. The van der Waals surface area contributed by atoms with Gasteiger partial charge >= 0.3 is 0 Å². The minimum Gasteiger partial charge on any atom is -0.323 e. The summed E-state index contributed by atoms with van der Waals surface area (Å²) in [5, 5.41) is 2.17. The molecule has 25 heavy (non-hydrogen) atoms. The summed E-state index contributed by atoms with van der Waals surface area (Å²) in [6.45, 7) is 1.63. The van der Waals surface area contributed by atoms with Crippen molar-refractivity contribution in [2.75, 3.05) is 5.32 Å². The third kappa shape index (κ3) is 4.07. The first kappa shape index (κ1) is 17.6. The Labute approximate surface area is 147 Å². The van der Waals surface area contributed by atoms with Crippen LogP contribution in [0.2, 0.25) is 0 Å². The van der Waals surface area contributed by atoms with Gasteiger partial charge in [0.05, 0.1) is 16.6 Å². The molecule has 0 radical (unpaired) electrons.